The van der Waals surface area contributed by atoms with Crippen molar-refractivity contribution >= 4 is 17.5 Å². The fraction of sp³-hybridized carbons (Fsp3) is 0.226. The number of nitrogens with two attached hydrogens (primary N) is 1. The van der Waals surface area contributed by atoms with E-state index < -0.39 is 23.6 Å². The average Bonchev–Trinajstić information content (AvgIpc) is 3.80. The number of pyridine rings is 1. The number of benzene rings is 2. The van der Waals surface area contributed by atoms with Crippen molar-refractivity contribution < 1.29 is 19.1 Å². The van der Waals surface area contributed by atoms with Crippen molar-refractivity contribution in [1.82, 2.24) is 20.1 Å². The Morgan fingerprint density at radius 2 is 1.76 bits per heavy atom. The maximum absolute atomic E-state index is 13.7. The van der Waals surface area contributed by atoms with Crippen LogP contribution in [0.2, 0.25) is 0 Å². The van der Waals surface area contributed by atoms with Crippen LogP contribution in [-0.4, -0.2) is 51.5 Å². The quantitative estimate of drug-likeness (QED) is 0.326. The summed E-state index contributed by atoms with van der Waals surface area (Å²) in [6, 6.07) is 22.0. The van der Waals surface area contributed by atoms with Gasteiger partial charge in [0.15, 0.2) is 5.82 Å². The van der Waals surface area contributed by atoms with Crippen molar-refractivity contribution in [2.45, 2.75) is 31.1 Å². The first-order valence-corrected chi connectivity index (χ1v) is 13.6. The molecule has 1 atom stereocenters. The third-order valence-corrected chi connectivity index (χ3v) is 7.38. The SMILES string of the molecule is NC(=O)C1(C(Cc2ccccc2)NC(=O)c2cccnc2-n2ccc(-c3cccc(N4CCCC4)c3)n2)OC=CO1. The van der Waals surface area contributed by atoms with Crippen LogP contribution in [0.3, 0.4) is 0 Å². The predicted molar refractivity (Wildman–Crippen MR) is 153 cm³/mol. The molecule has 4 heterocycles. The van der Waals surface area contributed by atoms with Crippen molar-refractivity contribution in [2.24, 2.45) is 5.73 Å². The van der Waals surface area contributed by atoms with Crippen LogP contribution in [0.25, 0.3) is 17.1 Å². The second-order valence-electron chi connectivity index (χ2n) is 10.0. The van der Waals surface area contributed by atoms with E-state index in [9.17, 15) is 9.59 Å². The van der Waals surface area contributed by atoms with E-state index in [-0.39, 0.29) is 12.0 Å². The monoisotopic (exact) mass is 550 g/mol. The molecule has 6 rings (SSSR count). The molecule has 2 aliphatic heterocycles. The Balaban J connectivity index is 1.28. The molecule has 10 heteroatoms. The van der Waals surface area contributed by atoms with Crippen molar-refractivity contribution in [3.63, 3.8) is 0 Å². The minimum atomic E-state index is -1.90. The average molecular weight is 551 g/mol. The van der Waals surface area contributed by atoms with Gasteiger partial charge >= 0.3 is 11.7 Å². The fourth-order valence-electron chi connectivity index (χ4n) is 5.29. The number of ether oxygens (including phenoxy) is 2. The van der Waals surface area contributed by atoms with Crippen LogP contribution >= 0.6 is 0 Å². The van der Waals surface area contributed by atoms with E-state index in [1.807, 2.05) is 48.5 Å². The zero-order valence-corrected chi connectivity index (χ0v) is 22.3. The molecule has 3 N–H and O–H groups in total. The molecule has 0 saturated carbocycles. The minimum Gasteiger partial charge on any atom is -0.447 e. The number of hydrogen-bond donors (Lipinski definition) is 2. The van der Waals surface area contributed by atoms with Crippen LogP contribution in [0.4, 0.5) is 5.69 Å². The largest absolute Gasteiger partial charge is 0.447 e. The highest BCUT2D eigenvalue weighted by molar-refractivity contribution is 5.98. The summed E-state index contributed by atoms with van der Waals surface area (Å²) in [5.41, 5.74) is 9.75. The molecule has 1 saturated heterocycles. The predicted octanol–water partition coefficient (Wildman–Crippen LogP) is 3.58. The summed E-state index contributed by atoms with van der Waals surface area (Å²) in [5.74, 6) is -2.90. The lowest BCUT2D eigenvalue weighted by molar-refractivity contribution is -0.182. The van der Waals surface area contributed by atoms with E-state index in [1.54, 1.807) is 29.2 Å². The summed E-state index contributed by atoms with van der Waals surface area (Å²) >= 11 is 0. The van der Waals surface area contributed by atoms with Crippen molar-refractivity contribution in [1.29, 1.82) is 0 Å². The van der Waals surface area contributed by atoms with E-state index in [0.29, 0.717) is 5.82 Å². The fourth-order valence-corrected chi connectivity index (χ4v) is 5.29. The molecular formula is C31H30N6O4. The van der Waals surface area contributed by atoms with Gasteiger partial charge in [0, 0.05) is 43.2 Å². The van der Waals surface area contributed by atoms with Crippen LogP contribution in [0.1, 0.15) is 28.8 Å². The van der Waals surface area contributed by atoms with E-state index in [4.69, 9.17) is 20.3 Å². The topological polar surface area (TPSA) is 125 Å². The molecule has 1 fully saturated rings. The maximum Gasteiger partial charge on any atom is 0.352 e. The van der Waals surface area contributed by atoms with E-state index in [0.717, 1.165) is 29.9 Å². The number of aromatic nitrogens is 3. The molecule has 0 aliphatic carbocycles. The highest BCUT2D eigenvalue weighted by Crippen LogP contribution is 2.29. The Morgan fingerprint density at radius 3 is 2.51 bits per heavy atom. The van der Waals surface area contributed by atoms with Gasteiger partial charge in [-0.25, -0.2) is 9.67 Å². The maximum atomic E-state index is 13.7. The number of nitrogens with zero attached hydrogens (tertiary/aromatic N) is 4. The van der Waals surface area contributed by atoms with Crippen LogP contribution in [-0.2, 0) is 20.7 Å². The molecule has 10 nitrogen and oxygen atoms in total. The van der Waals surface area contributed by atoms with E-state index in [2.05, 4.69) is 27.3 Å². The molecule has 0 spiro atoms. The summed E-state index contributed by atoms with van der Waals surface area (Å²) in [5, 5.41) is 7.67. The number of carbonyl (C=O) groups excluding carboxylic acids is 2. The highest BCUT2D eigenvalue weighted by atomic mass is 16.7. The second-order valence-corrected chi connectivity index (χ2v) is 10.0. The molecule has 41 heavy (non-hydrogen) atoms. The summed E-state index contributed by atoms with van der Waals surface area (Å²) in [6.07, 6.45) is 8.49. The third-order valence-electron chi connectivity index (χ3n) is 7.38. The first-order valence-electron chi connectivity index (χ1n) is 13.6. The highest BCUT2D eigenvalue weighted by Gasteiger charge is 2.51. The Hall–Kier alpha value is -5.12. The first kappa shape index (κ1) is 26.1. The zero-order valence-electron chi connectivity index (χ0n) is 22.3. The molecule has 2 aliphatic rings. The first-order chi connectivity index (χ1) is 20.0. The molecule has 208 valence electrons. The lowest BCUT2D eigenvalue weighted by Gasteiger charge is -2.33. The number of hydrogen-bond acceptors (Lipinski definition) is 7. The lowest BCUT2D eigenvalue weighted by atomic mass is 9.97. The van der Waals surface area contributed by atoms with Gasteiger partial charge in [-0.05, 0) is 48.7 Å². The van der Waals surface area contributed by atoms with Gasteiger partial charge in [-0.3, -0.25) is 9.59 Å². The number of carbonyl (C=O) groups is 2. The van der Waals surface area contributed by atoms with E-state index >= 15 is 0 Å². The van der Waals surface area contributed by atoms with Gasteiger partial charge in [0.05, 0.1) is 11.3 Å². The van der Waals surface area contributed by atoms with Crippen LogP contribution < -0.4 is 16.0 Å². The van der Waals surface area contributed by atoms with Gasteiger partial charge in [-0.1, -0.05) is 42.5 Å². The Bertz CT molecular complexity index is 1570. The smallest absolute Gasteiger partial charge is 0.352 e. The van der Waals surface area contributed by atoms with Crippen molar-refractivity contribution in [3.05, 3.63) is 109 Å². The summed E-state index contributed by atoms with van der Waals surface area (Å²) in [4.78, 5) is 33.1. The molecule has 2 amide bonds. The third kappa shape index (κ3) is 5.23. The Morgan fingerprint density at radius 1 is 0.976 bits per heavy atom. The van der Waals surface area contributed by atoms with Gasteiger partial charge in [0.2, 0.25) is 0 Å². The minimum absolute atomic E-state index is 0.228. The number of primary amides is 1. The van der Waals surface area contributed by atoms with Crippen molar-refractivity contribution in [2.75, 3.05) is 18.0 Å². The van der Waals surface area contributed by atoms with Crippen LogP contribution in [0, 0.1) is 0 Å². The van der Waals surface area contributed by atoms with Gasteiger partial charge in [-0.15, -0.1) is 0 Å². The van der Waals surface area contributed by atoms with Crippen LogP contribution in [0.15, 0.2) is 97.7 Å². The normalized spacial score (nSPS) is 16.1. The number of nitrogens with one attached hydrogen (secondary N) is 1. The Labute approximate surface area is 237 Å². The molecule has 2 aromatic carbocycles. The van der Waals surface area contributed by atoms with Gasteiger partial charge in [0.25, 0.3) is 5.91 Å². The number of amides is 2. The molecule has 0 radical (unpaired) electrons. The molecule has 2 aromatic heterocycles. The standard InChI is InChI=1S/C31H30N6O4/c32-30(39)31(40-18-19-41-31)27(20-22-8-2-1-3-9-22)34-29(38)25-12-7-14-33-28(25)37-17-13-26(35-37)23-10-6-11-24(21-23)36-15-4-5-16-36/h1-3,6-14,17-19,21,27H,4-5,15-16,20H2,(H2,32,39)(H,34,38). The molecule has 4 aromatic rings. The number of anilines is 1. The summed E-state index contributed by atoms with van der Waals surface area (Å²) < 4.78 is 12.7. The zero-order chi connectivity index (χ0) is 28.2. The summed E-state index contributed by atoms with van der Waals surface area (Å²) in [7, 11) is 0. The molecule has 0 bridgehead atoms. The second kappa shape index (κ2) is 11.2. The summed E-state index contributed by atoms with van der Waals surface area (Å²) in [6.45, 7) is 2.11. The number of rotatable bonds is 9. The van der Waals surface area contributed by atoms with Crippen molar-refractivity contribution in [3.8, 4) is 17.1 Å². The van der Waals surface area contributed by atoms with Gasteiger partial charge in [-0.2, -0.15) is 5.10 Å². The Kier molecular flexibility index (Phi) is 7.11. The van der Waals surface area contributed by atoms with Gasteiger partial charge < -0.3 is 25.4 Å². The van der Waals surface area contributed by atoms with Crippen LogP contribution in [0.5, 0.6) is 0 Å². The lowest BCUT2D eigenvalue weighted by Crippen LogP contribution is -2.61. The van der Waals surface area contributed by atoms with E-state index in [1.165, 1.54) is 31.1 Å². The van der Waals surface area contributed by atoms with Gasteiger partial charge in [0.1, 0.15) is 18.6 Å². The molecular weight excluding hydrogens is 520 g/mol. The molecule has 1 unspecified atom stereocenters.